The third-order valence-corrected chi connectivity index (χ3v) is 4.61. The number of aliphatic hydroxyl groups is 1. The van der Waals surface area contributed by atoms with E-state index in [1.807, 2.05) is 30.6 Å². The van der Waals surface area contributed by atoms with Crippen molar-refractivity contribution in [3.63, 3.8) is 0 Å². The van der Waals surface area contributed by atoms with E-state index in [0.29, 0.717) is 6.54 Å². The van der Waals surface area contributed by atoms with E-state index >= 15 is 0 Å². The van der Waals surface area contributed by atoms with Crippen LogP contribution in [0.1, 0.15) is 22.6 Å². The van der Waals surface area contributed by atoms with Crippen LogP contribution >= 0.6 is 0 Å². The van der Waals surface area contributed by atoms with Crippen LogP contribution in [0.15, 0.2) is 77.2 Å². The third-order valence-electron chi connectivity index (χ3n) is 4.61. The summed E-state index contributed by atoms with van der Waals surface area (Å²) in [6, 6.07) is 18.5. The van der Waals surface area contributed by atoms with Gasteiger partial charge in [0.25, 0.3) is 0 Å². The van der Waals surface area contributed by atoms with E-state index in [4.69, 9.17) is 0 Å². The van der Waals surface area contributed by atoms with Crippen molar-refractivity contribution in [3.8, 4) is 11.1 Å². The van der Waals surface area contributed by atoms with Crippen molar-refractivity contribution in [2.24, 2.45) is 10.2 Å². The van der Waals surface area contributed by atoms with Crippen LogP contribution in [-0.4, -0.2) is 16.7 Å². The van der Waals surface area contributed by atoms with Crippen molar-refractivity contribution in [3.05, 3.63) is 83.7 Å². The standard InChI is InChI=1S/C21H19N3O/c25-14-20(16-4-2-1-3-5-16)9-15-8-19(12-22-11-15)17-6-7-18-13-23-24-21(18)10-17/h1-8,10-12,20,25H,9,13-14H2/t20-/m0/s1. The Hall–Kier alpha value is -2.85. The number of benzene rings is 2. The molecule has 1 aromatic heterocycles. The molecule has 2 aromatic carbocycles. The minimum atomic E-state index is 0.0760. The van der Waals surface area contributed by atoms with Gasteiger partial charge >= 0.3 is 0 Å². The monoisotopic (exact) mass is 329 g/mol. The van der Waals surface area contributed by atoms with Crippen molar-refractivity contribution in [2.45, 2.75) is 18.9 Å². The fraction of sp³-hybridized carbons (Fsp3) is 0.190. The van der Waals surface area contributed by atoms with Gasteiger partial charge in [-0.2, -0.15) is 10.2 Å². The maximum atomic E-state index is 9.79. The summed E-state index contributed by atoms with van der Waals surface area (Å²) in [5, 5.41) is 18.0. The van der Waals surface area contributed by atoms with E-state index in [0.717, 1.165) is 39.9 Å². The summed E-state index contributed by atoms with van der Waals surface area (Å²) in [7, 11) is 0. The molecular weight excluding hydrogens is 310 g/mol. The van der Waals surface area contributed by atoms with Gasteiger partial charge in [0.05, 0.1) is 18.8 Å². The smallest absolute Gasteiger partial charge is 0.0910 e. The van der Waals surface area contributed by atoms with E-state index in [9.17, 15) is 5.11 Å². The molecule has 0 bridgehead atoms. The molecule has 0 fully saturated rings. The van der Waals surface area contributed by atoms with Gasteiger partial charge in [-0.05, 0) is 35.2 Å². The molecule has 0 aliphatic carbocycles. The number of pyridine rings is 1. The highest BCUT2D eigenvalue weighted by Crippen LogP contribution is 2.32. The molecule has 0 spiro atoms. The molecule has 4 heteroatoms. The number of hydrogen-bond acceptors (Lipinski definition) is 4. The highest BCUT2D eigenvalue weighted by molar-refractivity contribution is 5.69. The molecule has 1 N–H and O–H groups in total. The Morgan fingerprint density at radius 3 is 2.68 bits per heavy atom. The predicted molar refractivity (Wildman–Crippen MR) is 97.9 cm³/mol. The fourth-order valence-corrected chi connectivity index (χ4v) is 3.21. The first-order chi connectivity index (χ1) is 12.3. The third kappa shape index (κ3) is 3.35. The summed E-state index contributed by atoms with van der Waals surface area (Å²) >= 11 is 0. The van der Waals surface area contributed by atoms with E-state index in [-0.39, 0.29) is 12.5 Å². The number of aliphatic hydroxyl groups excluding tert-OH is 1. The Bertz CT molecular complexity index is 906. The van der Waals surface area contributed by atoms with Gasteiger partial charge in [0, 0.05) is 29.4 Å². The van der Waals surface area contributed by atoms with Crippen LogP contribution in [0.2, 0.25) is 0 Å². The van der Waals surface area contributed by atoms with Crippen LogP contribution in [0.5, 0.6) is 0 Å². The summed E-state index contributed by atoms with van der Waals surface area (Å²) in [5.74, 6) is 0.0760. The van der Waals surface area contributed by atoms with Crippen LogP contribution in [0, 0.1) is 0 Å². The number of azo groups is 1. The summed E-state index contributed by atoms with van der Waals surface area (Å²) in [6.45, 7) is 0.788. The molecule has 0 radical (unpaired) electrons. The lowest BCUT2D eigenvalue weighted by Gasteiger charge is -2.15. The minimum absolute atomic E-state index is 0.0760. The molecule has 1 atom stereocenters. The summed E-state index contributed by atoms with van der Waals surface area (Å²) < 4.78 is 0. The van der Waals surface area contributed by atoms with Crippen LogP contribution in [0.4, 0.5) is 5.69 Å². The van der Waals surface area contributed by atoms with Gasteiger partial charge in [-0.15, -0.1) is 0 Å². The fourth-order valence-electron chi connectivity index (χ4n) is 3.21. The molecule has 0 saturated heterocycles. The minimum Gasteiger partial charge on any atom is -0.396 e. The van der Waals surface area contributed by atoms with Gasteiger partial charge < -0.3 is 5.11 Å². The summed E-state index contributed by atoms with van der Waals surface area (Å²) in [5.41, 5.74) is 6.52. The summed E-state index contributed by atoms with van der Waals surface area (Å²) in [4.78, 5) is 4.40. The van der Waals surface area contributed by atoms with E-state index in [1.165, 1.54) is 0 Å². The van der Waals surface area contributed by atoms with Crippen LogP contribution in [0.3, 0.4) is 0 Å². The second-order valence-corrected chi connectivity index (χ2v) is 6.32. The topological polar surface area (TPSA) is 57.8 Å². The van der Waals surface area contributed by atoms with Gasteiger partial charge in [-0.3, -0.25) is 4.98 Å². The second kappa shape index (κ2) is 6.95. The first-order valence-corrected chi connectivity index (χ1v) is 8.44. The van der Waals surface area contributed by atoms with Gasteiger partial charge in [0.1, 0.15) is 0 Å². The number of nitrogens with zero attached hydrogens (tertiary/aromatic N) is 3. The van der Waals surface area contributed by atoms with E-state index < -0.39 is 0 Å². The average Bonchev–Trinajstić information content (AvgIpc) is 3.15. The number of fused-ring (bicyclic) bond motifs is 1. The Balaban J connectivity index is 1.60. The maximum absolute atomic E-state index is 9.79. The van der Waals surface area contributed by atoms with Crippen LogP contribution < -0.4 is 0 Å². The molecule has 1 aliphatic rings. The molecule has 124 valence electrons. The normalized spacial score (nSPS) is 13.6. The quantitative estimate of drug-likeness (QED) is 0.740. The lowest BCUT2D eigenvalue weighted by Crippen LogP contribution is -2.08. The van der Waals surface area contributed by atoms with Crippen LogP contribution in [0.25, 0.3) is 11.1 Å². The molecule has 0 unspecified atom stereocenters. The molecule has 25 heavy (non-hydrogen) atoms. The van der Waals surface area contributed by atoms with Gasteiger partial charge in [-0.1, -0.05) is 42.5 Å². The Morgan fingerprint density at radius 1 is 0.960 bits per heavy atom. The Labute approximate surface area is 146 Å². The zero-order valence-corrected chi connectivity index (χ0v) is 13.8. The SMILES string of the molecule is OC[C@H](Cc1cncc(-c2ccc3c(c2)N=NC3)c1)c1ccccc1. The lowest BCUT2D eigenvalue weighted by atomic mass is 9.92. The van der Waals surface area contributed by atoms with Crippen LogP contribution in [-0.2, 0) is 13.0 Å². The molecule has 2 heterocycles. The molecular formula is C21H19N3O. The van der Waals surface area contributed by atoms with Crippen molar-refractivity contribution < 1.29 is 5.11 Å². The molecule has 0 saturated carbocycles. The van der Waals surface area contributed by atoms with Crippen molar-refractivity contribution in [2.75, 3.05) is 6.61 Å². The van der Waals surface area contributed by atoms with E-state index in [2.05, 4.69) is 51.6 Å². The average molecular weight is 329 g/mol. The van der Waals surface area contributed by atoms with Gasteiger partial charge in [-0.25, -0.2) is 0 Å². The predicted octanol–water partition coefficient (Wildman–Crippen LogP) is 4.66. The zero-order valence-electron chi connectivity index (χ0n) is 13.8. The van der Waals surface area contributed by atoms with Gasteiger partial charge in [0.15, 0.2) is 0 Å². The van der Waals surface area contributed by atoms with E-state index in [1.54, 1.807) is 0 Å². The molecule has 4 nitrogen and oxygen atoms in total. The zero-order chi connectivity index (χ0) is 17.1. The maximum Gasteiger partial charge on any atom is 0.0910 e. The molecule has 1 aliphatic heterocycles. The largest absolute Gasteiger partial charge is 0.396 e. The first kappa shape index (κ1) is 15.7. The Morgan fingerprint density at radius 2 is 1.84 bits per heavy atom. The first-order valence-electron chi connectivity index (χ1n) is 8.44. The lowest BCUT2D eigenvalue weighted by molar-refractivity contribution is 0.264. The van der Waals surface area contributed by atoms with Crippen molar-refractivity contribution in [1.29, 1.82) is 0 Å². The van der Waals surface area contributed by atoms with Crippen molar-refractivity contribution >= 4 is 5.69 Å². The number of hydrogen-bond donors (Lipinski definition) is 1. The van der Waals surface area contributed by atoms with Gasteiger partial charge in [0.2, 0.25) is 0 Å². The second-order valence-electron chi connectivity index (χ2n) is 6.32. The Kier molecular flexibility index (Phi) is 4.36. The molecule has 3 aromatic rings. The highest BCUT2D eigenvalue weighted by atomic mass is 16.3. The number of aromatic nitrogens is 1. The highest BCUT2D eigenvalue weighted by Gasteiger charge is 2.13. The summed E-state index contributed by atoms with van der Waals surface area (Å²) in [6.07, 6.45) is 4.50. The number of rotatable bonds is 5. The molecule has 4 rings (SSSR count). The van der Waals surface area contributed by atoms with Crippen molar-refractivity contribution in [1.82, 2.24) is 4.98 Å². The molecule has 0 amide bonds.